The average Bonchev–Trinajstić information content (AvgIpc) is 3.39. The van der Waals surface area contributed by atoms with Crippen molar-refractivity contribution in [1.29, 1.82) is 0 Å². The maximum Gasteiger partial charge on any atom is 0.271 e. The molecule has 0 saturated carbocycles. The molecule has 3 N–H and O–H groups in total. The number of thiophene rings is 1. The van der Waals surface area contributed by atoms with E-state index in [1.807, 2.05) is 30.6 Å². The van der Waals surface area contributed by atoms with E-state index in [9.17, 15) is 4.79 Å². The van der Waals surface area contributed by atoms with Gasteiger partial charge in [0, 0.05) is 24.4 Å². The highest BCUT2D eigenvalue weighted by Gasteiger charge is 2.11. The molecule has 134 valence electrons. The number of nitrogens with zero attached hydrogens (tertiary/aromatic N) is 4. The van der Waals surface area contributed by atoms with Gasteiger partial charge in [-0.1, -0.05) is 12.1 Å². The fourth-order valence-corrected chi connectivity index (χ4v) is 3.32. The van der Waals surface area contributed by atoms with E-state index in [0.29, 0.717) is 17.1 Å². The summed E-state index contributed by atoms with van der Waals surface area (Å²) in [5, 5.41) is 15.5. The molecular weight excluding hydrogens is 362 g/mol. The number of rotatable bonds is 5. The number of anilines is 1. The van der Waals surface area contributed by atoms with Gasteiger partial charge in [0.15, 0.2) is 5.82 Å². The van der Waals surface area contributed by atoms with E-state index in [2.05, 4.69) is 36.0 Å². The molecule has 0 spiro atoms. The summed E-state index contributed by atoms with van der Waals surface area (Å²) in [5.41, 5.74) is 5.39. The predicted octanol–water partition coefficient (Wildman–Crippen LogP) is 2.89. The second-order valence-corrected chi connectivity index (χ2v) is 6.49. The van der Waals surface area contributed by atoms with Crippen molar-refractivity contribution in [2.75, 3.05) is 12.4 Å². The zero-order valence-corrected chi connectivity index (χ0v) is 15.1. The molecule has 4 rings (SSSR count). The Balaban J connectivity index is 1.52. The molecule has 3 aromatic heterocycles. The topological polar surface area (TPSA) is 108 Å². The Morgan fingerprint density at radius 2 is 2.04 bits per heavy atom. The van der Waals surface area contributed by atoms with Gasteiger partial charge in [0.25, 0.3) is 5.91 Å². The Morgan fingerprint density at radius 3 is 2.78 bits per heavy atom. The molecule has 0 unspecified atom stereocenters. The van der Waals surface area contributed by atoms with E-state index in [-0.39, 0.29) is 5.91 Å². The van der Waals surface area contributed by atoms with E-state index in [1.165, 1.54) is 6.21 Å². The van der Waals surface area contributed by atoms with Crippen LogP contribution in [0.25, 0.3) is 21.6 Å². The summed E-state index contributed by atoms with van der Waals surface area (Å²) < 4.78 is 1.02. The number of H-pyrrole nitrogens is 1. The van der Waals surface area contributed by atoms with Crippen molar-refractivity contribution in [3.63, 3.8) is 0 Å². The lowest BCUT2D eigenvalue weighted by Crippen LogP contribution is -2.17. The van der Waals surface area contributed by atoms with Gasteiger partial charge in [-0.2, -0.15) is 10.2 Å². The SMILES string of the molecule is CNc1nc(-c2ccc(C(=O)NN=Cc3ccn[nH]3)cc2)nc2ccsc12. The van der Waals surface area contributed by atoms with Gasteiger partial charge in [-0.25, -0.2) is 15.4 Å². The Morgan fingerprint density at radius 1 is 1.19 bits per heavy atom. The van der Waals surface area contributed by atoms with Crippen molar-refractivity contribution in [3.05, 3.63) is 59.2 Å². The van der Waals surface area contributed by atoms with Gasteiger partial charge >= 0.3 is 0 Å². The van der Waals surface area contributed by atoms with Gasteiger partial charge in [0.1, 0.15) is 5.82 Å². The zero-order chi connectivity index (χ0) is 18.6. The maximum absolute atomic E-state index is 12.2. The fourth-order valence-electron chi connectivity index (χ4n) is 2.50. The molecule has 4 aromatic rings. The summed E-state index contributed by atoms with van der Waals surface area (Å²) in [5.74, 6) is 1.09. The molecule has 8 nitrogen and oxygen atoms in total. The number of aromatic amines is 1. The first-order chi connectivity index (χ1) is 13.2. The summed E-state index contributed by atoms with van der Waals surface area (Å²) >= 11 is 1.60. The lowest BCUT2D eigenvalue weighted by atomic mass is 10.1. The Hall–Kier alpha value is -3.59. The minimum Gasteiger partial charge on any atom is -0.372 e. The molecule has 0 bridgehead atoms. The lowest BCUT2D eigenvalue weighted by molar-refractivity contribution is 0.0955. The van der Waals surface area contributed by atoms with Crippen LogP contribution in [0.3, 0.4) is 0 Å². The highest BCUT2D eigenvalue weighted by atomic mass is 32.1. The van der Waals surface area contributed by atoms with Crippen molar-refractivity contribution in [2.24, 2.45) is 5.10 Å². The molecule has 0 aliphatic carbocycles. The van der Waals surface area contributed by atoms with Crippen LogP contribution < -0.4 is 10.7 Å². The monoisotopic (exact) mass is 377 g/mol. The summed E-state index contributed by atoms with van der Waals surface area (Å²) in [6, 6.07) is 10.8. The summed E-state index contributed by atoms with van der Waals surface area (Å²) in [4.78, 5) is 21.3. The Bertz CT molecular complexity index is 1100. The number of aromatic nitrogens is 4. The first-order valence-corrected chi connectivity index (χ1v) is 8.99. The number of amides is 1. The largest absolute Gasteiger partial charge is 0.372 e. The molecule has 1 amide bonds. The minimum absolute atomic E-state index is 0.303. The first kappa shape index (κ1) is 16.9. The van der Waals surface area contributed by atoms with Crippen molar-refractivity contribution in [2.45, 2.75) is 0 Å². The fraction of sp³-hybridized carbons (Fsp3) is 0.0556. The molecule has 27 heavy (non-hydrogen) atoms. The van der Waals surface area contributed by atoms with E-state index in [4.69, 9.17) is 0 Å². The number of hydrogen-bond donors (Lipinski definition) is 3. The van der Waals surface area contributed by atoms with E-state index in [1.54, 1.807) is 35.7 Å². The summed E-state index contributed by atoms with van der Waals surface area (Å²) in [6.07, 6.45) is 3.10. The normalized spacial score (nSPS) is 11.1. The third-order valence-electron chi connectivity index (χ3n) is 3.84. The minimum atomic E-state index is -0.303. The van der Waals surface area contributed by atoms with Crippen molar-refractivity contribution in [1.82, 2.24) is 25.6 Å². The molecule has 0 saturated heterocycles. The van der Waals surface area contributed by atoms with Crippen LogP contribution in [-0.2, 0) is 0 Å². The third-order valence-corrected chi connectivity index (χ3v) is 4.75. The van der Waals surface area contributed by atoms with E-state index < -0.39 is 0 Å². The predicted molar refractivity (Wildman–Crippen MR) is 106 cm³/mol. The number of carbonyl (C=O) groups is 1. The van der Waals surface area contributed by atoms with Crippen molar-refractivity contribution in [3.8, 4) is 11.4 Å². The van der Waals surface area contributed by atoms with Crippen molar-refractivity contribution >= 4 is 39.5 Å². The number of carbonyl (C=O) groups excluding carboxylic acids is 1. The average molecular weight is 377 g/mol. The molecule has 0 radical (unpaired) electrons. The summed E-state index contributed by atoms with van der Waals surface area (Å²) in [7, 11) is 1.84. The van der Waals surface area contributed by atoms with Gasteiger partial charge < -0.3 is 5.32 Å². The lowest BCUT2D eigenvalue weighted by Gasteiger charge is -2.06. The van der Waals surface area contributed by atoms with Crippen LogP contribution in [-0.4, -0.2) is 39.3 Å². The van der Waals surface area contributed by atoms with Crippen LogP contribution >= 0.6 is 11.3 Å². The Labute approximate surface area is 158 Å². The van der Waals surface area contributed by atoms with Crippen LogP contribution in [0.15, 0.2) is 53.1 Å². The summed E-state index contributed by atoms with van der Waals surface area (Å²) in [6.45, 7) is 0. The van der Waals surface area contributed by atoms with Crippen LogP contribution in [0.1, 0.15) is 16.1 Å². The molecular formula is C18H15N7OS. The second kappa shape index (κ2) is 7.34. The molecule has 0 aliphatic heterocycles. The number of benzene rings is 1. The van der Waals surface area contributed by atoms with Gasteiger partial charge in [-0.15, -0.1) is 11.3 Å². The van der Waals surface area contributed by atoms with E-state index in [0.717, 1.165) is 21.6 Å². The first-order valence-electron chi connectivity index (χ1n) is 8.11. The maximum atomic E-state index is 12.2. The van der Waals surface area contributed by atoms with Crippen LogP contribution in [0.4, 0.5) is 5.82 Å². The van der Waals surface area contributed by atoms with Gasteiger partial charge in [-0.3, -0.25) is 9.89 Å². The van der Waals surface area contributed by atoms with Gasteiger partial charge in [-0.05, 0) is 29.6 Å². The number of hydrazone groups is 1. The smallest absolute Gasteiger partial charge is 0.271 e. The second-order valence-electron chi connectivity index (χ2n) is 5.57. The third kappa shape index (κ3) is 3.53. The quantitative estimate of drug-likeness (QED) is 0.366. The molecule has 0 aliphatic rings. The van der Waals surface area contributed by atoms with Crippen molar-refractivity contribution < 1.29 is 4.79 Å². The number of hydrogen-bond acceptors (Lipinski definition) is 7. The molecule has 0 fully saturated rings. The van der Waals surface area contributed by atoms with Crippen LogP contribution in [0.2, 0.25) is 0 Å². The van der Waals surface area contributed by atoms with Crippen LogP contribution in [0.5, 0.6) is 0 Å². The van der Waals surface area contributed by atoms with E-state index >= 15 is 0 Å². The highest BCUT2D eigenvalue weighted by Crippen LogP contribution is 2.28. The number of nitrogens with one attached hydrogen (secondary N) is 3. The van der Waals surface area contributed by atoms with Crippen LogP contribution in [0, 0.1) is 0 Å². The zero-order valence-electron chi connectivity index (χ0n) is 14.3. The molecule has 3 heterocycles. The highest BCUT2D eigenvalue weighted by molar-refractivity contribution is 7.17. The molecule has 9 heteroatoms. The van der Waals surface area contributed by atoms with Gasteiger partial charge in [0.2, 0.25) is 0 Å². The molecule has 0 atom stereocenters. The Kier molecular flexibility index (Phi) is 4.58. The number of fused-ring (bicyclic) bond motifs is 1. The molecule has 1 aromatic carbocycles. The van der Waals surface area contributed by atoms with Gasteiger partial charge in [0.05, 0.1) is 22.1 Å². The standard InChI is InChI=1S/C18H15N7OS/c1-19-17-15-14(7-9-27-15)22-16(23-17)11-2-4-12(5-3-11)18(26)25-21-10-13-6-8-20-24-13/h2-10H,1H3,(H,20,24)(H,25,26)(H,19,22,23).